The second kappa shape index (κ2) is 5.25. The van der Waals surface area contributed by atoms with Crippen molar-refractivity contribution < 1.29 is 4.79 Å². The standard InChI is InChI=1S/C13H27N3O/c1-10(2)7-11-8-16(12(17)15(5)6)13(3,4)9-14-11/h10-11,14H,7-9H2,1-6H3. The van der Waals surface area contributed by atoms with Crippen LogP contribution in [0.15, 0.2) is 0 Å². The Bertz CT molecular complexity index is 274. The number of urea groups is 1. The lowest BCUT2D eigenvalue weighted by Gasteiger charge is -2.47. The quantitative estimate of drug-likeness (QED) is 0.799. The normalized spacial score (nSPS) is 23.9. The van der Waals surface area contributed by atoms with Crippen molar-refractivity contribution in [2.75, 3.05) is 27.2 Å². The third-order valence-electron chi connectivity index (χ3n) is 3.33. The molecule has 1 saturated heterocycles. The topological polar surface area (TPSA) is 35.6 Å². The van der Waals surface area contributed by atoms with Crippen molar-refractivity contribution in [2.45, 2.75) is 45.7 Å². The molecule has 100 valence electrons. The number of rotatable bonds is 2. The van der Waals surface area contributed by atoms with Gasteiger partial charge in [-0.2, -0.15) is 0 Å². The summed E-state index contributed by atoms with van der Waals surface area (Å²) in [5, 5.41) is 3.55. The second-order valence-corrected chi connectivity index (χ2v) is 6.31. The van der Waals surface area contributed by atoms with Crippen LogP contribution < -0.4 is 5.32 Å². The van der Waals surface area contributed by atoms with Gasteiger partial charge in [0.25, 0.3) is 0 Å². The molecule has 1 aliphatic rings. The molecule has 0 aromatic heterocycles. The van der Waals surface area contributed by atoms with Gasteiger partial charge in [0.2, 0.25) is 0 Å². The minimum atomic E-state index is -0.102. The number of hydrogen-bond donors (Lipinski definition) is 1. The van der Waals surface area contributed by atoms with E-state index in [1.807, 2.05) is 19.0 Å². The molecule has 17 heavy (non-hydrogen) atoms. The van der Waals surface area contributed by atoms with Crippen molar-refractivity contribution in [2.24, 2.45) is 5.92 Å². The smallest absolute Gasteiger partial charge is 0.320 e. The third-order valence-corrected chi connectivity index (χ3v) is 3.33. The van der Waals surface area contributed by atoms with Crippen molar-refractivity contribution in [1.82, 2.24) is 15.1 Å². The van der Waals surface area contributed by atoms with E-state index < -0.39 is 0 Å². The summed E-state index contributed by atoms with van der Waals surface area (Å²) >= 11 is 0. The Morgan fingerprint density at radius 2 is 2.06 bits per heavy atom. The van der Waals surface area contributed by atoms with E-state index >= 15 is 0 Å². The maximum Gasteiger partial charge on any atom is 0.320 e. The van der Waals surface area contributed by atoms with Crippen LogP contribution >= 0.6 is 0 Å². The van der Waals surface area contributed by atoms with Gasteiger partial charge in [0.05, 0.1) is 5.54 Å². The predicted octanol–water partition coefficient (Wildman–Crippen LogP) is 1.77. The van der Waals surface area contributed by atoms with Crippen LogP contribution in [0.1, 0.15) is 34.1 Å². The maximum atomic E-state index is 12.2. The van der Waals surface area contributed by atoms with Crippen LogP contribution in [0.4, 0.5) is 4.79 Å². The summed E-state index contributed by atoms with van der Waals surface area (Å²) < 4.78 is 0. The molecule has 0 aliphatic carbocycles. The zero-order valence-corrected chi connectivity index (χ0v) is 12.1. The van der Waals surface area contributed by atoms with E-state index in [0.29, 0.717) is 12.0 Å². The van der Waals surface area contributed by atoms with E-state index in [4.69, 9.17) is 0 Å². The summed E-state index contributed by atoms with van der Waals surface area (Å²) in [5.41, 5.74) is -0.102. The molecule has 1 heterocycles. The molecule has 1 aliphatic heterocycles. The van der Waals surface area contributed by atoms with E-state index in [9.17, 15) is 4.79 Å². The first-order valence-electron chi connectivity index (χ1n) is 6.46. The van der Waals surface area contributed by atoms with Crippen LogP contribution in [0.5, 0.6) is 0 Å². The first-order valence-corrected chi connectivity index (χ1v) is 6.46. The summed E-state index contributed by atoms with van der Waals surface area (Å²) in [4.78, 5) is 15.8. The third kappa shape index (κ3) is 3.60. The molecule has 0 bridgehead atoms. The zero-order chi connectivity index (χ0) is 13.2. The number of amides is 2. The molecule has 1 rings (SSSR count). The summed E-state index contributed by atoms with van der Waals surface area (Å²) in [5.74, 6) is 0.657. The van der Waals surface area contributed by atoms with E-state index in [1.165, 1.54) is 0 Å². The Morgan fingerprint density at radius 1 is 1.47 bits per heavy atom. The molecular formula is C13H27N3O. The summed E-state index contributed by atoms with van der Waals surface area (Å²) in [7, 11) is 3.63. The van der Waals surface area contributed by atoms with Crippen LogP contribution in [0.3, 0.4) is 0 Å². The van der Waals surface area contributed by atoms with Gasteiger partial charge >= 0.3 is 6.03 Å². The highest BCUT2D eigenvalue weighted by Crippen LogP contribution is 2.22. The second-order valence-electron chi connectivity index (χ2n) is 6.31. The van der Waals surface area contributed by atoms with Gasteiger partial charge in [-0.05, 0) is 26.2 Å². The largest absolute Gasteiger partial charge is 0.331 e. The minimum absolute atomic E-state index is 0.102. The SMILES string of the molecule is CC(C)CC1CN(C(=O)N(C)C)C(C)(C)CN1. The van der Waals surface area contributed by atoms with Crippen LogP contribution in [0.2, 0.25) is 0 Å². The van der Waals surface area contributed by atoms with Gasteiger partial charge in [0.1, 0.15) is 0 Å². The average molecular weight is 241 g/mol. The van der Waals surface area contributed by atoms with E-state index in [0.717, 1.165) is 19.5 Å². The number of carbonyl (C=O) groups excluding carboxylic acids is 1. The lowest BCUT2D eigenvalue weighted by Crippen LogP contribution is -2.65. The molecule has 2 amide bonds. The van der Waals surface area contributed by atoms with Gasteiger partial charge in [-0.3, -0.25) is 0 Å². The van der Waals surface area contributed by atoms with E-state index in [-0.39, 0.29) is 11.6 Å². The first kappa shape index (κ1) is 14.3. The highest BCUT2D eigenvalue weighted by molar-refractivity contribution is 5.75. The lowest BCUT2D eigenvalue weighted by molar-refractivity contribution is 0.0730. The van der Waals surface area contributed by atoms with E-state index in [1.54, 1.807) is 4.90 Å². The van der Waals surface area contributed by atoms with Crippen LogP contribution in [-0.4, -0.2) is 54.6 Å². The van der Waals surface area contributed by atoms with Gasteiger partial charge in [-0.1, -0.05) is 13.8 Å². The monoisotopic (exact) mass is 241 g/mol. The van der Waals surface area contributed by atoms with Gasteiger partial charge in [-0.15, -0.1) is 0 Å². The van der Waals surface area contributed by atoms with Gasteiger partial charge < -0.3 is 15.1 Å². The van der Waals surface area contributed by atoms with E-state index in [2.05, 4.69) is 33.0 Å². The Hall–Kier alpha value is -0.770. The number of hydrogen-bond acceptors (Lipinski definition) is 2. The molecule has 4 heteroatoms. The highest BCUT2D eigenvalue weighted by Gasteiger charge is 2.37. The fourth-order valence-electron chi connectivity index (χ4n) is 2.33. The molecule has 1 atom stereocenters. The van der Waals surface area contributed by atoms with Crippen molar-refractivity contribution in [3.8, 4) is 0 Å². The molecule has 1 N–H and O–H groups in total. The van der Waals surface area contributed by atoms with Crippen LogP contribution in [-0.2, 0) is 0 Å². The zero-order valence-electron chi connectivity index (χ0n) is 12.1. The van der Waals surface area contributed by atoms with Crippen LogP contribution in [0, 0.1) is 5.92 Å². The van der Waals surface area contributed by atoms with Crippen molar-refractivity contribution in [3.05, 3.63) is 0 Å². The number of nitrogens with one attached hydrogen (secondary N) is 1. The van der Waals surface area contributed by atoms with Crippen molar-refractivity contribution in [1.29, 1.82) is 0 Å². The van der Waals surface area contributed by atoms with Gasteiger partial charge in [0.15, 0.2) is 0 Å². The van der Waals surface area contributed by atoms with Crippen molar-refractivity contribution in [3.63, 3.8) is 0 Å². The van der Waals surface area contributed by atoms with Gasteiger partial charge in [-0.25, -0.2) is 4.79 Å². The summed E-state index contributed by atoms with van der Waals surface area (Å²) in [6.07, 6.45) is 1.12. The predicted molar refractivity (Wildman–Crippen MR) is 71.1 cm³/mol. The first-order chi connectivity index (χ1) is 7.74. The lowest BCUT2D eigenvalue weighted by atomic mass is 9.94. The highest BCUT2D eigenvalue weighted by atomic mass is 16.2. The molecule has 0 radical (unpaired) electrons. The number of piperazine rings is 1. The molecule has 0 spiro atoms. The molecular weight excluding hydrogens is 214 g/mol. The molecule has 1 unspecified atom stereocenters. The number of carbonyl (C=O) groups is 1. The molecule has 0 saturated carbocycles. The molecule has 0 aromatic carbocycles. The molecule has 0 aromatic rings. The van der Waals surface area contributed by atoms with Crippen molar-refractivity contribution >= 4 is 6.03 Å². The van der Waals surface area contributed by atoms with Crippen LogP contribution in [0.25, 0.3) is 0 Å². The van der Waals surface area contributed by atoms with Gasteiger partial charge in [0, 0.05) is 33.2 Å². The molecule has 1 fully saturated rings. The Labute approximate surface area is 105 Å². The fraction of sp³-hybridized carbons (Fsp3) is 0.923. The molecule has 4 nitrogen and oxygen atoms in total. The maximum absolute atomic E-state index is 12.2. The number of nitrogens with zero attached hydrogens (tertiary/aromatic N) is 2. The Balaban J connectivity index is 2.72. The summed E-state index contributed by atoms with van der Waals surface area (Å²) in [6, 6.07) is 0.539. The minimum Gasteiger partial charge on any atom is -0.331 e. The average Bonchev–Trinajstić information content (AvgIpc) is 2.19. The summed E-state index contributed by atoms with van der Waals surface area (Å²) in [6.45, 7) is 10.4. The Morgan fingerprint density at radius 3 is 2.53 bits per heavy atom. The fourth-order valence-corrected chi connectivity index (χ4v) is 2.33. The Kier molecular flexibility index (Phi) is 4.42.